The molecule has 1 unspecified atom stereocenters. The lowest BCUT2D eigenvalue weighted by molar-refractivity contribution is -0.164. The van der Waals surface area contributed by atoms with Crippen LogP contribution in [0.25, 0.3) is 22.2 Å². The standard InChI is InChI=1S/C24H23F3N6O2/c1-12-4-5-13(2)17(10-12)22(34)29-11-15-6-8-16(9-7-15)19-18-20(23(35)31-30-21(18)28)33(32-19)14(3)24(25,26)27/h4-10,14H,11H2,1-3H3,(H2,28,30)(H,29,34)(H,31,35). The van der Waals surface area contributed by atoms with Crippen molar-refractivity contribution in [3.8, 4) is 11.3 Å². The smallest absolute Gasteiger partial charge is 0.382 e. The molecule has 0 radical (unpaired) electrons. The molecule has 2 heterocycles. The number of alkyl halides is 3. The zero-order chi connectivity index (χ0) is 25.5. The number of nitrogens with one attached hydrogen (secondary N) is 2. The van der Waals surface area contributed by atoms with E-state index in [2.05, 4.69) is 20.6 Å². The first-order valence-electron chi connectivity index (χ1n) is 10.7. The molecule has 0 bridgehead atoms. The van der Waals surface area contributed by atoms with E-state index < -0.39 is 17.8 Å². The van der Waals surface area contributed by atoms with Crippen LogP contribution in [-0.2, 0) is 6.54 Å². The Labute approximate surface area is 198 Å². The molecule has 4 N–H and O–H groups in total. The van der Waals surface area contributed by atoms with Gasteiger partial charge in [-0.3, -0.25) is 9.59 Å². The number of aromatic nitrogens is 4. The topological polar surface area (TPSA) is 119 Å². The van der Waals surface area contributed by atoms with Crippen molar-refractivity contribution in [2.75, 3.05) is 5.73 Å². The van der Waals surface area contributed by atoms with Crippen LogP contribution in [0.15, 0.2) is 47.3 Å². The second-order valence-electron chi connectivity index (χ2n) is 8.37. The third kappa shape index (κ3) is 4.61. The first-order chi connectivity index (χ1) is 16.5. The fraction of sp³-hybridized carbons (Fsp3) is 0.250. The summed E-state index contributed by atoms with van der Waals surface area (Å²) >= 11 is 0. The Morgan fingerprint density at radius 3 is 2.51 bits per heavy atom. The van der Waals surface area contributed by atoms with Crippen molar-refractivity contribution >= 4 is 22.6 Å². The quantitative estimate of drug-likeness (QED) is 0.395. The summed E-state index contributed by atoms with van der Waals surface area (Å²) in [7, 11) is 0. The van der Waals surface area contributed by atoms with Gasteiger partial charge in [-0.2, -0.15) is 23.4 Å². The van der Waals surface area contributed by atoms with Crippen LogP contribution in [0.2, 0.25) is 0 Å². The molecule has 1 atom stereocenters. The maximum Gasteiger partial charge on any atom is 0.410 e. The van der Waals surface area contributed by atoms with Crippen molar-refractivity contribution in [1.29, 1.82) is 0 Å². The molecule has 4 rings (SSSR count). The molecule has 2 aromatic heterocycles. The Morgan fingerprint density at radius 2 is 1.86 bits per heavy atom. The van der Waals surface area contributed by atoms with Gasteiger partial charge in [0.15, 0.2) is 5.82 Å². The van der Waals surface area contributed by atoms with E-state index in [0.717, 1.165) is 23.6 Å². The summed E-state index contributed by atoms with van der Waals surface area (Å²) in [5.74, 6) is -0.348. The largest absolute Gasteiger partial charge is 0.410 e. The normalized spacial score (nSPS) is 12.6. The van der Waals surface area contributed by atoms with Crippen molar-refractivity contribution in [3.63, 3.8) is 0 Å². The molecule has 11 heteroatoms. The number of hydrogen-bond donors (Lipinski definition) is 3. The van der Waals surface area contributed by atoms with Crippen molar-refractivity contribution in [3.05, 3.63) is 75.1 Å². The van der Waals surface area contributed by atoms with Gasteiger partial charge in [-0.1, -0.05) is 42.0 Å². The molecule has 8 nitrogen and oxygen atoms in total. The molecular formula is C24H23F3N6O2. The van der Waals surface area contributed by atoms with E-state index in [0.29, 0.717) is 15.8 Å². The Bertz CT molecular complexity index is 1470. The SMILES string of the molecule is Cc1ccc(C)c(C(=O)NCc2ccc(-c3nn(C(C)C(F)(F)F)c4c(=O)[nH]nc(N)c34)cc2)c1. The molecule has 0 aliphatic heterocycles. The highest BCUT2D eigenvalue weighted by Crippen LogP contribution is 2.36. The molecular weight excluding hydrogens is 461 g/mol. The van der Waals surface area contributed by atoms with Gasteiger partial charge in [0.25, 0.3) is 11.5 Å². The molecule has 1 amide bonds. The number of benzene rings is 2. The van der Waals surface area contributed by atoms with Crippen LogP contribution < -0.4 is 16.6 Å². The zero-order valence-electron chi connectivity index (χ0n) is 19.2. The number of H-pyrrole nitrogens is 1. The minimum absolute atomic E-state index is 0.0424. The molecule has 35 heavy (non-hydrogen) atoms. The number of carbonyl (C=O) groups is 1. The van der Waals surface area contributed by atoms with Crippen LogP contribution in [0.5, 0.6) is 0 Å². The molecule has 0 aliphatic carbocycles. The van der Waals surface area contributed by atoms with Gasteiger partial charge in [-0.15, -0.1) is 0 Å². The predicted octanol–water partition coefficient (Wildman–Crippen LogP) is 4.04. The summed E-state index contributed by atoms with van der Waals surface area (Å²) in [6, 6.07) is 10.3. The molecule has 0 saturated heterocycles. The summed E-state index contributed by atoms with van der Waals surface area (Å²) in [5, 5.41) is 12.8. The van der Waals surface area contributed by atoms with Gasteiger partial charge in [0.1, 0.15) is 17.3 Å². The van der Waals surface area contributed by atoms with E-state index in [1.807, 2.05) is 32.0 Å². The van der Waals surface area contributed by atoms with E-state index in [-0.39, 0.29) is 34.9 Å². The van der Waals surface area contributed by atoms with Crippen LogP contribution in [0.3, 0.4) is 0 Å². The van der Waals surface area contributed by atoms with E-state index in [4.69, 9.17) is 5.73 Å². The second kappa shape index (κ2) is 8.90. The number of hydrogen-bond acceptors (Lipinski definition) is 5. The van der Waals surface area contributed by atoms with Gasteiger partial charge in [-0.25, -0.2) is 9.78 Å². The van der Waals surface area contributed by atoms with E-state index in [1.54, 1.807) is 24.3 Å². The number of aromatic amines is 1. The summed E-state index contributed by atoms with van der Waals surface area (Å²) < 4.78 is 40.9. The highest BCUT2D eigenvalue weighted by atomic mass is 19.4. The maximum atomic E-state index is 13.4. The van der Waals surface area contributed by atoms with Gasteiger partial charge in [0.2, 0.25) is 0 Å². The number of nitrogens with zero attached hydrogens (tertiary/aromatic N) is 3. The zero-order valence-corrected chi connectivity index (χ0v) is 19.2. The summed E-state index contributed by atoms with van der Waals surface area (Å²) in [6.07, 6.45) is -4.63. The van der Waals surface area contributed by atoms with Crippen molar-refractivity contribution in [2.45, 2.75) is 39.5 Å². The highest BCUT2D eigenvalue weighted by molar-refractivity contribution is 5.99. The number of halogens is 3. The second-order valence-corrected chi connectivity index (χ2v) is 8.37. The van der Waals surface area contributed by atoms with E-state index >= 15 is 0 Å². The maximum absolute atomic E-state index is 13.4. The molecule has 0 saturated carbocycles. The van der Waals surface area contributed by atoms with Crippen molar-refractivity contribution < 1.29 is 18.0 Å². The molecule has 0 spiro atoms. The summed E-state index contributed by atoms with van der Waals surface area (Å²) in [6.45, 7) is 4.92. The lowest BCUT2D eigenvalue weighted by atomic mass is 10.0. The van der Waals surface area contributed by atoms with Crippen LogP contribution in [0.4, 0.5) is 19.0 Å². The highest BCUT2D eigenvalue weighted by Gasteiger charge is 2.40. The fourth-order valence-electron chi connectivity index (χ4n) is 3.77. The van der Waals surface area contributed by atoms with E-state index in [1.165, 1.54) is 0 Å². The Kier molecular flexibility index (Phi) is 6.10. The van der Waals surface area contributed by atoms with Crippen molar-refractivity contribution in [2.24, 2.45) is 0 Å². The number of aryl methyl sites for hydroxylation is 2. The monoisotopic (exact) mass is 484 g/mol. The number of anilines is 1. The first-order valence-corrected chi connectivity index (χ1v) is 10.7. The average Bonchev–Trinajstić information content (AvgIpc) is 3.22. The number of rotatable bonds is 5. The van der Waals surface area contributed by atoms with Gasteiger partial charge in [0, 0.05) is 17.7 Å². The third-order valence-corrected chi connectivity index (χ3v) is 5.82. The van der Waals surface area contributed by atoms with Crippen LogP contribution >= 0.6 is 0 Å². The summed E-state index contributed by atoms with van der Waals surface area (Å²) in [4.78, 5) is 24.9. The van der Waals surface area contributed by atoms with Gasteiger partial charge in [0.05, 0.1) is 5.39 Å². The molecule has 0 aliphatic rings. The number of fused-ring (bicyclic) bond motifs is 1. The fourth-order valence-corrected chi connectivity index (χ4v) is 3.77. The molecule has 182 valence electrons. The van der Waals surface area contributed by atoms with Crippen LogP contribution in [-0.4, -0.2) is 32.1 Å². The van der Waals surface area contributed by atoms with E-state index in [9.17, 15) is 22.8 Å². The Hall–Kier alpha value is -4.15. The number of carbonyl (C=O) groups excluding carboxylic acids is 1. The van der Waals surface area contributed by atoms with Crippen LogP contribution in [0, 0.1) is 13.8 Å². The number of nitrogens with two attached hydrogens (primary N) is 1. The Morgan fingerprint density at radius 1 is 1.17 bits per heavy atom. The third-order valence-electron chi connectivity index (χ3n) is 5.82. The summed E-state index contributed by atoms with van der Waals surface area (Å²) in [5.41, 5.74) is 8.54. The number of nitrogen functional groups attached to an aromatic ring is 1. The number of amides is 1. The lowest BCUT2D eigenvalue weighted by Gasteiger charge is -2.16. The Balaban J connectivity index is 1.64. The van der Waals surface area contributed by atoms with Crippen LogP contribution in [0.1, 0.15) is 40.0 Å². The first kappa shape index (κ1) is 24.0. The van der Waals surface area contributed by atoms with Gasteiger partial charge < -0.3 is 11.1 Å². The minimum atomic E-state index is -4.63. The molecule has 4 aromatic rings. The average molecular weight is 484 g/mol. The molecule has 0 fully saturated rings. The molecule has 2 aromatic carbocycles. The van der Waals surface area contributed by atoms with Crippen molar-refractivity contribution in [1.82, 2.24) is 25.3 Å². The lowest BCUT2D eigenvalue weighted by Crippen LogP contribution is -2.27. The van der Waals surface area contributed by atoms with Gasteiger partial charge in [-0.05, 0) is 38.0 Å². The predicted molar refractivity (Wildman–Crippen MR) is 126 cm³/mol. The minimum Gasteiger partial charge on any atom is -0.382 e. The van der Waals surface area contributed by atoms with Gasteiger partial charge >= 0.3 is 6.18 Å².